The van der Waals surface area contributed by atoms with Crippen molar-refractivity contribution in [3.63, 3.8) is 0 Å². The first-order valence-corrected chi connectivity index (χ1v) is 9.44. The molecule has 27 heavy (non-hydrogen) atoms. The van der Waals surface area contributed by atoms with Crippen molar-refractivity contribution in [1.82, 2.24) is 4.90 Å². The highest BCUT2D eigenvalue weighted by atomic mass is 19.4. The molecule has 0 unspecified atom stereocenters. The van der Waals surface area contributed by atoms with Crippen LogP contribution in [0.2, 0.25) is 0 Å². The van der Waals surface area contributed by atoms with Crippen LogP contribution >= 0.6 is 0 Å². The summed E-state index contributed by atoms with van der Waals surface area (Å²) >= 11 is 0. The summed E-state index contributed by atoms with van der Waals surface area (Å²) in [5.41, 5.74) is 2.38. The predicted molar refractivity (Wildman–Crippen MR) is 101 cm³/mol. The molecular formula is C22H26F3NO. The number of piperidine rings is 1. The van der Waals surface area contributed by atoms with E-state index in [0.29, 0.717) is 24.5 Å². The minimum absolute atomic E-state index is 0.198. The summed E-state index contributed by atoms with van der Waals surface area (Å²) in [6.45, 7) is 6.19. The van der Waals surface area contributed by atoms with Crippen LogP contribution in [-0.4, -0.2) is 18.0 Å². The molecule has 0 spiro atoms. The Kier molecular flexibility index (Phi) is 6.10. The monoisotopic (exact) mass is 377 g/mol. The molecule has 0 bridgehead atoms. The molecule has 1 heterocycles. The van der Waals surface area contributed by atoms with Gasteiger partial charge >= 0.3 is 6.18 Å². The van der Waals surface area contributed by atoms with Crippen LogP contribution < -0.4 is 4.74 Å². The number of rotatable bonds is 5. The van der Waals surface area contributed by atoms with Crippen LogP contribution in [0.4, 0.5) is 13.2 Å². The lowest BCUT2D eigenvalue weighted by Gasteiger charge is -2.28. The topological polar surface area (TPSA) is 12.5 Å². The number of hydrogen-bond donors (Lipinski definition) is 0. The van der Waals surface area contributed by atoms with E-state index in [4.69, 9.17) is 4.74 Å². The van der Waals surface area contributed by atoms with Gasteiger partial charge in [-0.1, -0.05) is 36.2 Å². The van der Waals surface area contributed by atoms with Crippen LogP contribution in [0.1, 0.15) is 47.1 Å². The average Bonchev–Trinajstić information content (AvgIpc) is 2.61. The van der Waals surface area contributed by atoms with Gasteiger partial charge in [-0.05, 0) is 63.0 Å². The van der Waals surface area contributed by atoms with E-state index < -0.39 is 11.7 Å². The molecule has 1 fully saturated rings. The molecule has 0 N–H and O–H groups in total. The fourth-order valence-corrected chi connectivity index (χ4v) is 3.61. The molecular weight excluding hydrogens is 351 g/mol. The summed E-state index contributed by atoms with van der Waals surface area (Å²) in [5.74, 6) is 0.549. The Hall–Kier alpha value is -2.01. The second-order valence-electron chi connectivity index (χ2n) is 7.39. The van der Waals surface area contributed by atoms with Crippen LogP contribution in [0.25, 0.3) is 0 Å². The summed E-state index contributed by atoms with van der Waals surface area (Å²) in [6, 6.07) is 10.8. The third-order valence-electron chi connectivity index (χ3n) is 5.03. The predicted octanol–water partition coefficient (Wildman–Crippen LogP) is 5.89. The molecule has 146 valence electrons. The van der Waals surface area contributed by atoms with Crippen molar-refractivity contribution >= 4 is 0 Å². The Labute approximate surface area is 159 Å². The number of hydrogen-bond acceptors (Lipinski definition) is 2. The van der Waals surface area contributed by atoms with E-state index in [1.165, 1.54) is 25.5 Å². The lowest BCUT2D eigenvalue weighted by Crippen LogP contribution is -2.29. The van der Waals surface area contributed by atoms with E-state index >= 15 is 0 Å². The molecule has 5 heteroatoms. The standard InChI is InChI=1S/C22H26F3NO/c1-16-7-6-8-18(11-16)15-27-21-12-17(2)20(22(23,24)25)13-19(21)14-26-9-4-3-5-10-26/h6-8,11-13H,3-5,9-10,14-15H2,1-2H3. The highest BCUT2D eigenvalue weighted by molar-refractivity contribution is 5.44. The smallest absolute Gasteiger partial charge is 0.416 e. The molecule has 2 nitrogen and oxygen atoms in total. The molecule has 1 aliphatic heterocycles. The fourth-order valence-electron chi connectivity index (χ4n) is 3.61. The number of alkyl halides is 3. The van der Waals surface area contributed by atoms with Gasteiger partial charge in [0, 0.05) is 12.1 Å². The van der Waals surface area contributed by atoms with Gasteiger partial charge in [0.1, 0.15) is 12.4 Å². The molecule has 0 saturated carbocycles. The summed E-state index contributed by atoms with van der Waals surface area (Å²) < 4.78 is 46.1. The molecule has 0 aromatic heterocycles. The van der Waals surface area contributed by atoms with Crippen molar-refractivity contribution in [1.29, 1.82) is 0 Å². The van der Waals surface area contributed by atoms with Crippen molar-refractivity contribution in [2.45, 2.75) is 52.4 Å². The van der Waals surface area contributed by atoms with Gasteiger partial charge in [0.15, 0.2) is 0 Å². The van der Waals surface area contributed by atoms with E-state index in [0.717, 1.165) is 37.1 Å². The minimum atomic E-state index is -4.35. The van der Waals surface area contributed by atoms with E-state index in [-0.39, 0.29) is 5.56 Å². The molecule has 0 atom stereocenters. The maximum Gasteiger partial charge on any atom is 0.416 e. The van der Waals surface area contributed by atoms with E-state index in [9.17, 15) is 13.2 Å². The first-order valence-electron chi connectivity index (χ1n) is 9.44. The van der Waals surface area contributed by atoms with Crippen molar-refractivity contribution in [3.8, 4) is 5.75 Å². The van der Waals surface area contributed by atoms with Crippen LogP contribution in [0.3, 0.4) is 0 Å². The van der Waals surface area contributed by atoms with Gasteiger partial charge in [-0.25, -0.2) is 0 Å². The number of nitrogens with zero attached hydrogens (tertiary/aromatic N) is 1. The number of aryl methyl sites for hydroxylation is 2. The van der Waals surface area contributed by atoms with E-state index in [2.05, 4.69) is 4.90 Å². The first kappa shape index (κ1) is 19.7. The molecule has 1 aliphatic rings. The SMILES string of the molecule is Cc1cccc(COc2cc(C)c(C(F)(F)F)cc2CN2CCCCC2)c1. The third kappa shape index (κ3) is 5.25. The number of likely N-dealkylation sites (tertiary alicyclic amines) is 1. The summed E-state index contributed by atoms with van der Waals surface area (Å²) in [6.07, 6.45) is -0.973. The fraction of sp³-hybridized carbons (Fsp3) is 0.455. The number of halogens is 3. The largest absolute Gasteiger partial charge is 0.489 e. The quantitative estimate of drug-likeness (QED) is 0.644. The molecule has 2 aromatic rings. The molecule has 3 rings (SSSR count). The maximum absolute atomic E-state index is 13.4. The zero-order valence-corrected chi connectivity index (χ0v) is 15.9. The average molecular weight is 377 g/mol. The lowest BCUT2D eigenvalue weighted by molar-refractivity contribution is -0.138. The van der Waals surface area contributed by atoms with Crippen molar-refractivity contribution in [3.05, 3.63) is 64.2 Å². The number of ether oxygens (including phenoxy) is 1. The van der Waals surface area contributed by atoms with Gasteiger partial charge in [-0.15, -0.1) is 0 Å². The minimum Gasteiger partial charge on any atom is -0.489 e. The van der Waals surface area contributed by atoms with E-state index in [1.54, 1.807) is 0 Å². The number of benzene rings is 2. The Morgan fingerprint density at radius 3 is 2.41 bits per heavy atom. The van der Waals surface area contributed by atoms with Crippen molar-refractivity contribution in [2.75, 3.05) is 13.1 Å². The summed E-state index contributed by atoms with van der Waals surface area (Å²) in [7, 11) is 0. The second-order valence-corrected chi connectivity index (χ2v) is 7.39. The summed E-state index contributed by atoms with van der Waals surface area (Å²) in [4.78, 5) is 2.22. The maximum atomic E-state index is 13.4. The van der Waals surface area contributed by atoms with Gasteiger partial charge < -0.3 is 4.74 Å². The van der Waals surface area contributed by atoms with Crippen LogP contribution in [0, 0.1) is 13.8 Å². The summed E-state index contributed by atoms with van der Waals surface area (Å²) in [5, 5.41) is 0. The molecule has 2 aromatic carbocycles. The molecule has 0 radical (unpaired) electrons. The highest BCUT2D eigenvalue weighted by Crippen LogP contribution is 2.36. The Bertz CT molecular complexity index is 780. The molecule has 0 aliphatic carbocycles. The first-order chi connectivity index (χ1) is 12.8. The van der Waals surface area contributed by atoms with Crippen molar-refractivity contribution in [2.24, 2.45) is 0 Å². The van der Waals surface area contributed by atoms with Crippen LogP contribution in [-0.2, 0) is 19.3 Å². The third-order valence-corrected chi connectivity index (χ3v) is 5.03. The highest BCUT2D eigenvalue weighted by Gasteiger charge is 2.33. The lowest BCUT2D eigenvalue weighted by atomic mass is 10.0. The normalized spacial score (nSPS) is 15.7. The van der Waals surface area contributed by atoms with Crippen molar-refractivity contribution < 1.29 is 17.9 Å². The van der Waals surface area contributed by atoms with Gasteiger partial charge in [0.2, 0.25) is 0 Å². The zero-order chi connectivity index (χ0) is 19.4. The van der Waals surface area contributed by atoms with Crippen LogP contribution in [0.5, 0.6) is 5.75 Å². The molecule has 1 saturated heterocycles. The van der Waals surface area contributed by atoms with Crippen LogP contribution in [0.15, 0.2) is 36.4 Å². The molecule has 0 amide bonds. The second kappa shape index (κ2) is 8.34. The van der Waals surface area contributed by atoms with Gasteiger partial charge in [-0.2, -0.15) is 13.2 Å². The Morgan fingerprint density at radius 1 is 1.00 bits per heavy atom. The Balaban J connectivity index is 1.86. The van der Waals surface area contributed by atoms with E-state index in [1.807, 2.05) is 31.2 Å². The van der Waals surface area contributed by atoms with Gasteiger partial charge in [0.05, 0.1) is 5.56 Å². The van der Waals surface area contributed by atoms with Gasteiger partial charge in [-0.3, -0.25) is 4.90 Å². The Morgan fingerprint density at radius 2 is 1.74 bits per heavy atom. The van der Waals surface area contributed by atoms with Gasteiger partial charge in [0.25, 0.3) is 0 Å². The zero-order valence-electron chi connectivity index (χ0n) is 15.9.